The molecule has 8 heteroatoms. The second-order valence-electron chi connectivity index (χ2n) is 7.04. The number of nitrogens with zero attached hydrogens (tertiary/aromatic N) is 3. The molecule has 0 bridgehead atoms. The van der Waals surface area contributed by atoms with Crippen molar-refractivity contribution >= 4 is 5.91 Å². The van der Waals surface area contributed by atoms with Crippen LogP contribution in [0.1, 0.15) is 31.3 Å². The zero-order valence-electron chi connectivity index (χ0n) is 14.8. The third-order valence-electron chi connectivity index (χ3n) is 4.53. The number of hydrogen-bond acceptors (Lipinski definition) is 7. The van der Waals surface area contributed by atoms with Gasteiger partial charge < -0.3 is 23.6 Å². The lowest BCUT2D eigenvalue weighted by molar-refractivity contribution is -0.142. The first kappa shape index (κ1) is 16.8. The van der Waals surface area contributed by atoms with Crippen LogP contribution in [-0.2, 0) is 16.0 Å². The van der Waals surface area contributed by atoms with Crippen LogP contribution < -0.4 is 9.47 Å². The molecule has 2 aliphatic heterocycles. The molecule has 8 nitrogen and oxygen atoms in total. The van der Waals surface area contributed by atoms with Gasteiger partial charge in [0.25, 0.3) is 5.91 Å². The third kappa shape index (κ3) is 3.24. The summed E-state index contributed by atoms with van der Waals surface area (Å²) < 4.78 is 22.0. The monoisotopic (exact) mass is 359 g/mol. The van der Waals surface area contributed by atoms with Crippen LogP contribution in [0, 0.1) is 0 Å². The van der Waals surface area contributed by atoms with Gasteiger partial charge in [-0.1, -0.05) is 17.3 Å². The van der Waals surface area contributed by atoms with Crippen molar-refractivity contribution in [3.05, 3.63) is 36.0 Å². The quantitative estimate of drug-likeness (QED) is 0.822. The Hall–Kier alpha value is -2.61. The molecule has 138 valence electrons. The summed E-state index contributed by atoms with van der Waals surface area (Å²) in [6.07, 6.45) is 2.06. The maximum absolute atomic E-state index is 12.7. The second-order valence-corrected chi connectivity index (χ2v) is 7.04. The minimum Gasteiger partial charge on any atom is -0.483 e. The number of para-hydroxylation sites is 1. The normalized spacial score (nSPS) is 21.2. The lowest BCUT2D eigenvalue weighted by Gasteiger charge is -2.33. The van der Waals surface area contributed by atoms with Gasteiger partial charge in [-0.3, -0.25) is 4.79 Å². The highest BCUT2D eigenvalue weighted by Crippen LogP contribution is 2.41. The number of carbonyl (C=O) groups excluding carboxylic acids is 1. The van der Waals surface area contributed by atoms with Gasteiger partial charge in [0.1, 0.15) is 11.6 Å². The van der Waals surface area contributed by atoms with Crippen molar-refractivity contribution in [3.63, 3.8) is 0 Å². The van der Waals surface area contributed by atoms with Gasteiger partial charge >= 0.3 is 0 Å². The second kappa shape index (κ2) is 6.60. The molecule has 0 spiro atoms. The van der Waals surface area contributed by atoms with Gasteiger partial charge in [-0.15, -0.1) is 0 Å². The Morgan fingerprint density at radius 3 is 3.12 bits per heavy atom. The van der Waals surface area contributed by atoms with E-state index >= 15 is 0 Å². The molecule has 0 N–H and O–H groups in total. The van der Waals surface area contributed by atoms with Gasteiger partial charge in [0.2, 0.25) is 6.39 Å². The molecule has 1 amide bonds. The van der Waals surface area contributed by atoms with E-state index in [1.807, 2.05) is 32.0 Å². The maximum Gasteiger partial charge on any atom is 0.261 e. The van der Waals surface area contributed by atoms with Crippen LogP contribution in [0.25, 0.3) is 0 Å². The van der Waals surface area contributed by atoms with Gasteiger partial charge in [-0.25, -0.2) is 0 Å². The van der Waals surface area contributed by atoms with E-state index in [4.69, 9.17) is 18.7 Å². The van der Waals surface area contributed by atoms with E-state index in [1.165, 1.54) is 6.39 Å². The fraction of sp³-hybridized carbons (Fsp3) is 0.500. The van der Waals surface area contributed by atoms with Crippen LogP contribution in [0.3, 0.4) is 0 Å². The van der Waals surface area contributed by atoms with Crippen molar-refractivity contribution in [1.82, 2.24) is 15.0 Å². The average Bonchev–Trinajstić information content (AvgIpc) is 3.26. The number of morpholine rings is 1. The number of rotatable bonds is 4. The van der Waals surface area contributed by atoms with Crippen molar-refractivity contribution in [2.75, 3.05) is 26.4 Å². The fourth-order valence-corrected chi connectivity index (χ4v) is 3.37. The molecule has 2 aliphatic rings. The van der Waals surface area contributed by atoms with Crippen LogP contribution in [-0.4, -0.2) is 52.9 Å². The zero-order chi connectivity index (χ0) is 18.1. The van der Waals surface area contributed by atoms with Crippen LogP contribution in [0.2, 0.25) is 0 Å². The Balaban J connectivity index is 1.45. The van der Waals surface area contributed by atoms with Crippen molar-refractivity contribution < 1.29 is 23.5 Å². The van der Waals surface area contributed by atoms with Gasteiger partial charge in [-0.2, -0.15) is 4.98 Å². The van der Waals surface area contributed by atoms with Gasteiger partial charge in [0.05, 0.1) is 13.2 Å². The molecule has 0 aliphatic carbocycles. The summed E-state index contributed by atoms with van der Waals surface area (Å²) in [4.78, 5) is 18.4. The molecule has 2 aromatic rings. The van der Waals surface area contributed by atoms with Crippen LogP contribution in [0.5, 0.6) is 11.5 Å². The summed E-state index contributed by atoms with van der Waals surface area (Å²) in [6, 6.07) is 5.40. The van der Waals surface area contributed by atoms with Crippen LogP contribution >= 0.6 is 0 Å². The predicted molar refractivity (Wildman–Crippen MR) is 89.9 cm³/mol. The van der Waals surface area contributed by atoms with Crippen molar-refractivity contribution in [3.8, 4) is 11.5 Å². The summed E-state index contributed by atoms with van der Waals surface area (Å²) in [5.74, 6) is 1.59. The number of fused-ring (bicyclic) bond motifs is 1. The summed E-state index contributed by atoms with van der Waals surface area (Å²) in [5, 5.41) is 3.83. The van der Waals surface area contributed by atoms with E-state index < -0.39 is 0 Å². The average molecular weight is 359 g/mol. The largest absolute Gasteiger partial charge is 0.483 e. The molecule has 1 aromatic heterocycles. The Kier molecular flexibility index (Phi) is 4.28. The first-order valence-corrected chi connectivity index (χ1v) is 8.61. The van der Waals surface area contributed by atoms with E-state index in [0.29, 0.717) is 31.3 Å². The Morgan fingerprint density at radius 1 is 1.42 bits per heavy atom. The van der Waals surface area contributed by atoms with Crippen LogP contribution in [0.4, 0.5) is 0 Å². The zero-order valence-corrected chi connectivity index (χ0v) is 14.8. The number of amides is 1. The smallest absolute Gasteiger partial charge is 0.261 e. The molecule has 1 fully saturated rings. The molecule has 0 radical (unpaired) electrons. The topological polar surface area (TPSA) is 86.9 Å². The summed E-state index contributed by atoms with van der Waals surface area (Å²) in [5.41, 5.74) is 0.829. The Labute approximate surface area is 151 Å². The summed E-state index contributed by atoms with van der Waals surface area (Å²) in [7, 11) is 0. The predicted octanol–water partition coefficient (Wildman–Crippen LogP) is 1.76. The molecule has 1 atom stereocenters. The molecule has 1 aromatic carbocycles. The van der Waals surface area contributed by atoms with Gasteiger partial charge in [-0.05, 0) is 19.9 Å². The van der Waals surface area contributed by atoms with Crippen molar-refractivity contribution in [1.29, 1.82) is 0 Å². The molecule has 3 heterocycles. The van der Waals surface area contributed by atoms with E-state index in [1.54, 1.807) is 4.90 Å². The molecule has 0 unspecified atom stereocenters. The number of ether oxygens (including phenoxy) is 3. The fourth-order valence-electron chi connectivity index (χ4n) is 3.37. The number of aromatic nitrogens is 2. The minimum absolute atomic E-state index is 0.0887. The highest BCUT2D eigenvalue weighted by atomic mass is 16.5. The first-order valence-electron chi connectivity index (χ1n) is 8.61. The first-order chi connectivity index (χ1) is 12.5. The third-order valence-corrected chi connectivity index (χ3v) is 4.53. The molecule has 4 rings (SSSR count). The lowest BCUT2D eigenvalue weighted by Crippen LogP contribution is -2.45. The van der Waals surface area contributed by atoms with E-state index in [2.05, 4.69) is 10.1 Å². The van der Waals surface area contributed by atoms with E-state index in [0.717, 1.165) is 17.7 Å². The highest BCUT2D eigenvalue weighted by molar-refractivity contribution is 5.78. The van der Waals surface area contributed by atoms with Gasteiger partial charge in [0.15, 0.2) is 23.9 Å². The Bertz CT molecular complexity index is 790. The molecular formula is C18H21N3O5. The molecule has 26 heavy (non-hydrogen) atoms. The van der Waals surface area contributed by atoms with E-state index in [9.17, 15) is 4.79 Å². The standard InChI is InChI=1S/C18H21N3O5/c1-18(2)8-12-4-3-5-14(16(12)26-18)24-10-15(22)21-6-7-23-9-13(21)17-19-11-25-20-17/h3-5,11,13H,6-10H2,1-2H3/t13-/m1/s1. The number of hydrogen-bond donors (Lipinski definition) is 0. The summed E-state index contributed by atoms with van der Waals surface area (Å²) >= 11 is 0. The number of benzene rings is 1. The summed E-state index contributed by atoms with van der Waals surface area (Å²) in [6.45, 7) is 5.24. The maximum atomic E-state index is 12.7. The number of carbonyl (C=O) groups is 1. The minimum atomic E-state index is -0.365. The Morgan fingerprint density at radius 2 is 2.31 bits per heavy atom. The lowest BCUT2D eigenvalue weighted by atomic mass is 10.0. The molecular weight excluding hydrogens is 338 g/mol. The highest BCUT2D eigenvalue weighted by Gasteiger charge is 2.34. The SMILES string of the molecule is CC1(C)Cc2cccc(OCC(=O)N3CCOC[C@@H]3c3ncon3)c2O1. The molecule has 0 saturated carbocycles. The van der Waals surface area contributed by atoms with Crippen molar-refractivity contribution in [2.24, 2.45) is 0 Å². The van der Waals surface area contributed by atoms with Crippen LogP contribution in [0.15, 0.2) is 29.1 Å². The van der Waals surface area contributed by atoms with Gasteiger partial charge in [0, 0.05) is 18.5 Å². The molecule has 1 saturated heterocycles. The van der Waals surface area contributed by atoms with Crippen molar-refractivity contribution in [2.45, 2.75) is 31.9 Å². The van der Waals surface area contributed by atoms with E-state index in [-0.39, 0.29) is 24.2 Å².